The summed E-state index contributed by atoms with van der Waals surface area (Å²) in [5, 5.41) is 6.06. The Labute approximate surface area is 160 Å². The summed E-state index contributed by atoms with van der Waals surface area (Å²) in [5.41, 5.74) is 2.80. The lowest BCUT2D eigenvalue weighted by Crippen LogP contribution is -2.51. The van der Waals surface area contributed by atoms with Crippen LogP contribution in [0.4, 0.5) is 10.5 Å². The number of hydrogen-bond donors (Lipinski definition) is 2. The molecule has 4 rings (SSSR count). The van der Waals surface area contributed by atoms with Crippen molar-refractivity contribution in [3.05, 3.63) is 24.0 Å². The molecule has 2 atom stereocenters. The average molecular weight is 371 g/mol. The van der Waals surface area contributed by atoms with Crippen LogP contribution in [0.5, 0.6) is 0 Å². The number of urea groups is 1. The number of ether oxygens (including phenoxy) is 1. The van der Waals surface area contributed by atoms with Gasteiger partial charge in [0, 0.05) is 18.7 Å². The third-order valence-corrected chi connectivity index (χ3v) is 5.69. The van der Waals surface area contributed by atoms with Crippen molar-refractivity contribution in [1.82, 2.24) is 19.8 Å². The number of hydrogen-bond acceptors (Lipinski definition) is 4. The highest BCUT2D eigenvalue weighted by Gasteiger charge is 2.35. The monoisotopic (exact) mass is 371 g/mol. The van der Waals surface area contributed by atoms with Crippen molar-refractivity contribution in [3.8, 4) is 0 Å². The number of anilines is 1. The molecule has 0 bridgehead atoms. The molecule has 3 heterocycles. The summed E-state index contributed by atoms with van der Waals surface area (Å²) in [4.78, 5) is 19.7. The Bertz CT molecular complexity index is 812. The van der Waals surface area contributed by atoms with Gasteiger partial charge in [-0.2, -0.15) is 0 Å². The molecule has 2 amide bonds. The quantitative estimate of drug-likeness (QED) is 0.848. The summed E-state index contributed by atoms with van der Waals surface area (Å²) in [7, 11) is 0. The number of carbonyl (C=O) groups is 1. The highest BCUT2D eigenvalue weighted by atomic mass is 16.5. The van der Waals surface area contributed by atoms with Gasteiger partial charge in [-0.1, -0.05) is 6.92 Å². The van der Waals surface area contributed by atoms with Gasteiger partial charge in [0.25, 0.3) is 0 Å². The minimum absolute atomic E-state index is 0.0397. The number of aromatic nitrogens is 2. The van der Waals surface area contributed by atoms with E-state index in [1.54, 1.807) is 0 Å². The van der Waals surface area contributed by atoms with Gasteiger partial charge in [-0.15, -0.1) is 0 Å². The van der Waals surface area contributed by atoms with Crippen LogP contribution in [0.1, 0.15) is 32.5 Å². The molecule has 0 radical (unpaired) electrons. The Morgan fingerprint density at radius 1 is 1.26 bits per heavy atom. The van der Waals surface area contributed by atoms with E-state index in [-0.39, 0.29) is 18.1 Å². The van der Waals surface area contributed by atoms with Crippen molar-refractivity contribution < 1.29 is 9.53 Å². The fraction of sp³-hybridized carbons (Fsp3) is 0.600. The number of carbonyl (C=O) groups excluding carboxylic acids is 1. The van der Waals surface area contributed by atoms with Crippen molar-refractivity contribution in [2.45, 2.75) is 51.7 Å². The first-order valence-corrected chi connectivity index (χ1v) is 10.1. The smallest absolute Gasteiger partial charge is 0.319 e. The number of imidazole rings is 1. The Hall–Kier alpha value is -2.12. The van der Waals surface area contributed by atoms with Crippen molar-refractivity contribution in [2.24, 2.45) is 0 Å². The molecule has 0 aliphatic carbocycles. The molecule has 2 aliphatic rings. The van der Waals surface area contributed by atoms with Crippen LogP contribution in [0.3, 0.4) is 0 Å². The van der Waals surface area contributed by atoms with E-state index in [1.807, 2.05) is 18.2 Å². The normalized spacial score (nSPS) is 23.2. The second-order valence-corrected chi connectivity index (χ2v) is 7.38. The van der Waals surface area contributed by atoms with Gasteiger partial charge in [0.1, 0.15) is 5.82 Å². The molecule has 1 aromatic carbocycles. The van der Waals surface area contributed by atoms with Crippen LogP contribution in [-0.4, -0.2) is 58.9 Å². The van der Waals surface area contributed by atoms with Gasteiger partial charge in [0.15, 0.2) is 0 Å². The first-order chi connectivity index (χ1) is 13.2. The number of nitrogens with zero attached hydrogens (tertiary/aromatic N) is 3. The first-order valence-electron chi connectivity index (χ1n) is 10.1. The molecule has 7 nitrogen and oxygen atoms in total. The van der Waals surface area contributed by atoms with Gasteiger partial charge in [0.05, 0.1) is 36.3 Å². The van der Waals surface area contributed by atoms with Crippen LogP contribution in [0.15, 0.2) is 18.2 Å². The lowest BCUT2D eigenvalue weighted by atomic mass is 10.1. The summed E-state index contributed by atoms with van der Waals surface area (Å²) in [5.74, 6) is 1.07. The molecule has 2 fully saturated rings. The van der Waals surface area contributed by atoms with Crippen LogP contribution < -0.4 is 10.6 Å². The number of rotatable bonds is 5. The number of aryl methyl sites for hydroxylation is 2. The van der Waals surface area contributed by atoms with E-state index in [0.29, 0.717) is 13.2 Å². The van der Waals surface area contributed by atoms with Gasteiger partial charge in [-0.05, 0) is 51.1 Å². The van der Waals surface area contributed by atoms with E-state index < -0.39 is 0 Å². The molecule has 2 aliphatic heterocycles. The predicted molar refractivity (Wildman–Crippen MR) is 106 cm³/mol. The first kappa shape index (κ1) is 18.3. The molecule has 0 unspecified atom stereocenters. The van der Waals surface area contributed by atoms with Gasteiger partial charge in [0.2, 0.25) is 0 Å². The molecule has 146 valence electrons. The number of nitrogens with one attached hydrogen (secondary N) is 2. The second kappa shape index (κ2) is 7.86. The third kappa shape index (κ3) is 3.66. The summed E-state index contributed by atoms with van der Waals surface area (Å²) in [6.07, 6.45) is 3.37. The molecule has 0 spiro atoms. The fourth-order valence-corrected chi connectivity index (χ4v) is 4.33. The zero-order chi connectivity index (χ0) is 18.8. The molecule has 27 heavy (non-hydrogen) atoms. The van der Waals surface area contributed by atoms with Crippen LogP contribution in [-0.2, 0) is 17.7 Å². The second-order valence-electron chi connectivity index (χ2n) is 7.38. The summed E-state index contributed by atoms with van der Waals surface area (Å²) in [6.45, 7) is 8.61. The predicted octanol–water partition coefficient (Wildman–Crippen LogP) is 2.60. The summed E-state index contributed by atoms with van der Waals surface area (Å²) in [6, 6.07) is 6.07. The van der Waals surface area contributed by atoms with Crippen molar-refractivity contribution >= 4 is 22.8 Å². The Kier molecular flexibility index (Phi) is 5.31. The van der Waals surface area contributed by atoms with Crippen molar-refractivity contribution in [3.63, 3.8) is 0 Å². The SMILES string of the molecule is CCc1nc2cc(NC(=O)N[C@H]3COC[C@@H]3N3CCCC3)ccc2n1CC. The number of fused-ring (bicyclic) bond motifs is 1. The van der Waals surface area contributed by atoms with E-state index in [2.05, 4.69) is 33.9 Å². The highest BCUT2D eigenvalue weighted by molar-refractivity contribution is 5.92. The summed E-state index contributed by atoms with van der Waals surface area (Å²) >= 11 is 0. The number of likely N-dealkylation sites (tertiary alicyclic amines) is 1. The molecule has 1 aromatic heterocycles. The minimum Gasteiger partial charge on any atom is -0.378 e. The molecule has 0 saturated carbocycles. The van der Waals surface area contributed by atoms with Crippen molar-refractivity contribution in [2.75, 3.05) is 31.6 Å². The number of amides is 2. The minimum atomic E-state index is -0.181. The van der Waals surface area contributed by atoms with E-state index in [4.69, 9.17) is 9.72 Å². The zero-order valence-electron chi connectivity index (χ0n) is 16.2. The molecule has 2 saturated heterocycles. The lowest BCUT2D eigenvalue weighted by molar-refractivity contribution is 0.159. The van der Waals surface area contributed by atoms with Gasteiger partial charge in [-0.3, -0.25) is 4.90 Å². The van der Waals surface area contributed by atoms with E-state index in [1.165, 1.54) is 12.8 Å². The molecule has 2 N–H and O–H groups in total. The average Bonchev–Trinajstić information content (AvgIpc) is 3.39. The van der Waals surface area contributed by atoms with E-state index in [0.717, 1.165) is 48.6 Å². The van der Waals surface area contributed by atoms with Crippen molar-refractivity contribution in [1.29, 1.82) is 0 Å². The van der Waals surface area contributed by atoms with Crippen LogP contribution >= 0.6 is 0 Å². The van der Waals surface area contributed by atoms with Crippen LogP contribution in [0, 0.1) is 0 Å². The maximum Gasteiger partial charge on any atom is 0.319 e. The molecular formula is C20H29N5O2. The van der Waals surface area contributed by atoms with Gasteiger partial charge < -0.3 is 19.9 Å². The fourth-order valence-electron chi connectivity index (χ4n) is 4.33. The van der Waals surface area contributed by atoms with E-state index in [9.17, 15) is 4.79 Å². The topological polar surface area (TPSA) is 71.4 Å². The largest absolute Gasteiger partial charge is 0.378 e. The number of benzene rings is 1. The lowest BCUT2D eigenvalue weighted by Gasteiger charge is -2.27. The van der Waals surface area contributed by atoms with Crippen LogP contribution in [0.2, 0.25) is 0 Å². The standard InChI is InChI=1S/C20H29N5O2/c1-3-19-22-15-11-14(7-8-17(15)25(19)4-2)21-20(26)23-16-12-27-13-18(16)24-9-5-6-10-24/h7-8,11,16,18H,3-6,9-10,12-13H2,1-2H3,(H2,21,23,26)/t16-,18-/m0/s1. The van der Waals surface area contributed by atoms with Gasteiger partial charge >= 0.3 is 6.03 Å². The Morgan fingerprint density at radius 2 is 2.07 bits per heavy atom. The van der Waals surface area contributed by atoms with Crippen LogP contribution in [0.25, 0.3) is 11.0 Å². The molecule has 2 aromatic rings. The van der Waals surface area contributed by atoms with Gasteiger partial charge in [-0.25, -0.2) is 9.78 Å². The van der Waals surface area contributed by atoms with E-state index >= 15 is 0 Å². The highest BCUT2D eigenvalue weighted by Crippen LogP contribution is 2.22. The molecular weight excluding hydrogens is 342 g/mol. The third-order valence-electron chi connectivity index (χ3n) is 5.69. The zero-order valence-corrected chi connectivity index (χ0v) is 16.2. The molecule has 7 heteroatoms. The summed E-state index contributed by atoms with van der Waals surface area (Å²) < 4.78 is 7.85. The maximum atomic E-state index is 12.5. The Morgan fingerprint density at radius 3 is 2.81 bits per heavy atom. The maximum absolute atomic E-state index is 12.5. The Balaban J connectivity index is 1.43.